The van der Waals surface area contributed by atoms with Crippen LogP contribution in [0.3, 0.4) is 0 Å². The van der Waals surface area contributed by atoms with E-state index in [1.165, 1.54) is 6.21 Å². The van der Waals surface area contributed by atoms with Crippen molar-refractivity contribution in [1.29, 1.82) is 0 Å². The van der Waals surface area contributed by atoms with Gasteiger partial charge in [0.25, 0.3) is 0 Å². The highest BCUT2D eigenvalue weighted by Gasteiger charge is 2.26. The minimum atomic E-state index is -0.536. The fourth-order valence-electron chi connectivity index (χ4n) is 2.87. The molecule has 28 heavy (non-hydrogen) atoms. The Bertz CT molecular complexity index is 1040. The van der Waals surface area contributed by atoms with Crippen molar-refractivity contribution in [1.82, 2.24) is 20.1 Å². The number of nitrogens with zero attached hydrogens (tertiary/aromatic N) is 4. The molecular formula is C20H16ClN5O2. The van der Waals surface area contributed by atoms with Gasteiger partial charge >= 0.3 is 6.03 Å². The van der Waals surface area contributed by atoms with Gasteiger partial charge in [-0.1, -0.05) is 54.1 Å². The summed E-state index contributed by atoms with van der Waals surface area (Å²) in [6.45, 7) is 0.502. The maximum Gasteiger partial charge on any atom is 0.344 e. The van der Waals surface area contributed by atoms with Gasteiger partial charge in [-0.2, -0.15) is 10.2 Å². The van der Waals surface area contributed by atoms with E-state index in [1.54, 1.807) is 12.1 Å². The molecule has 1 fully saturated rings. The number of amides is 3. The predicted octanol–water partition coefficient (Wildman–Crippen LogP) is 3.14. The summed E-state index contributed by atoms with van der Waals surface area (Å²) in [5.74, 6) is -0.375. The van der Waals surface area contributed by atoms with Crippen molar-refractivity contribution in [2.75, 3.05) is 6.54 Å². The lowest BCUT2D eigenvalue weighted by molar-refractivity contribution is -0.118. The maximum atomic E-state index is 11.7. The fourth-order valence-corrected chi connectivity index (χ4v) is 3.00. The summed E-state index contributed by atoms with van der Waals surface area (Å²) in [7, 11) is 0. The molecule has 3 aromatic rings. The number of nitrogens with one attached hydrogen (secondary N) is 1. The minimum Gasteiger partial charge on any atom is -0.275 e. The smallest absolute Gasteiger partial charge is 0.275 e. The number of rotatable bonds is 5. The molecule has 0 atom stereocenters. The van der Waals surface area contributed by atoms with Gasteiger partial charge < -0.3 is 0 Å². The number of carbonyl (C=O) groups is 2. The molecule has 1 aliphatic rings. The molecule has 7 nitrogen and oxygen atoms in total. The van der Waals surface area contributed by atoms with Crippen LogP contribution in [-0.4, -0.2) is 39.5 Å². The van der Waals surface area contributed by atoms with Gasteiger partial charge in [-0.15, -0.1) is 0 Å². The lowest BCUT2D eigenvalue weighted by Gasteiger charge is -2.04. The summed E-state index contributed by atoms with van der Waals surface area (Å²) < 4.78 is 1.82. The Kier molecular flexibility index (Phi) is 4.90. The van der Waals surface area contributed by atoms with Crippen molar-refractivity contribution in [3.05, 3.63) is 76.9 Å². The van der Waals surface area contributed by atoms with Crippen LogP contribution in [0.4, 0.5) is 4.79 Å². The van der Waals surface area contributed by atoms with Crippen LogP contribution in [0.5, 0.6) is 0 Å². The number of urea groups is 1. The van der Waals surface area contributed by atoms with E-state index in [4.69, 9.17) is 11.6 Å². The van der Waals surface area contributed by atoms with E-state index in [-0.39, 0.29) is 12.5 Å². The Balaban J connectivity index is 1.67. The largest absolute Gasteiger partial charge is 0.344 e. The third kappa shape index (κ3) is 3.94. The number of aromatic nitrogens is 2. The summed E-state index contributed by atoms with van der Waals surface area (Å²) in [5.41, 5.74) is 3.42. The number of benzene rings is 2. The van der Waals surface area contributed by atoms with Crippen molar-refractivity contribution in [2.45, 2.75) is 6.54 Å². The molecule has 140 valence electrons. The molecule has 0 radical (unpaired) electrons. The van der Waals surface area contributed by atoms with E-state index in [2.05, 4.69) is 15.5 Å². The highest BCUT2D eigenvalue weighted by molar-refractivity contribution is 6.30. The first kappa shape index (κ1) is 17.9. The number of halogens is 1. The topological polar surface area (TPSA) is 79.6 Å². The summed E-state index contributed by atoms with van der Waals surface area (Å²) in [4.78, 5) is 23.0. The number of hydrazone groups is 1. The Labute approximate surface area is 166 Å². The van der Waals surface area contributed by atoms with Crippen LogP contribution in [0.15, 0.2) is 65.9 Å². The molecule has 1 aliphatic heterocycles. The van der Waals surface area contributed by atoms with E-state index in [9.17, 15) is 9.59 Å². The quantitative estimate of drug-likeness (QED) is 0.534. The fraction of sp³-hybridized carbons (Fsp3) is 0.100. The van der Waals surface area contributed by atoms with Gasteiger partial charge in [-0.25, -0.2) is 9.80 Å². The first-order valence-electron chi connectivity index (χ1n) is 8.61. The van der Waals surface area contributed by atoms with Crippen LogP contribution >= 0.6 is 11.6 Å². The van der Waals surface area contributed by atoms with E-state index in [1.807, 2.05) is 53.3 Å². The zero-order valence-corrected chi connectivity index (χ0v) is 15.5. The van der Waals surface area contributed by atoms with Gasteiger partial charge in [0, 0.05) is 22.3 Å². The monoisotopic (exact) mass is 393 g/mol. The standard InChI is InChI=1S/C20H16ClN5O2/c21-17-8-6-15(7-9-17)19-16(10-22-26-13-18(27)23-20(26)28)12-25(24-19)11-14-4-2-1-3-5-14/h1-10,12H,11,13H2,(H,23,27,28)/b22-10-. The molecule has 3 amide bonds. The van der Waals surface area contributed by atoms with E-state index >= 15 is 0 Å². The van der Waals surface area contributed by atoms with Gasteiger partial charge in [0.1, 0.15) is 12.2 Å². The molecular weight excluding hydrogens is 378 g/mol. The van der Waals surface area contributed by atoms with E-state index in [0.717, 1.165) is 21.7 Å². The summed E-state index contributed by atoms with van der Waals surface area (Å²) >= 11 is 5.99. The first-order chi connectivity index (χ1) is 13.6. The van der Waals surface area contributed by atoms with Crippen LogP contribution in [0.1, 0.15) is 11.1 Å². The highest BCUT2D eigenvalue weighted by atomic mass is 35.5. The Morgan fingerprint density at radius 2 is 1.86 bits per heavy atom. The molecule has 0 spiro atoms. The van der Waals surface area contributed by atoms with Crippen molar-refractivity contribution in [2.24, 2.45) is 5.10 Å². The Hall–Kier alpha value is -3.45. The third-order valence-corrected chi connectivity index (χ3v) is 4.46. The molecule has 2 aromatic carbocycles. The molecule has 0 unspecified atom stereocenters. The summed E-state index contributed by atoms with van der Waals surface area (Å²) in [6.07, 6.45) is 3.40. The lowest BCUT2D eigenvalue weighted by atomic mass is 10.1. The van der Waals surface area contributed by atoms with Crippen molar-refractivity contribution in [3.63, 3.8) is 0 Å². The lowest BCUT2D eigenvalue weighted by Crippen LogP contribution is -2.24. The predicted molar refractivity (Wildman–Crippen MR) is 106 cm³/mol. The molecule has 8 heteroatoms. The van der Waals surface area contributed by atoms with Gasteiger partial charge in [-0.05, 0) is 17.7 Å². The van der Waals surface area contributed by atoms with Gasteiger partial charge in [0.05, 0.1) is 12.8 Å². The molecule has 0 bridgehead atoms. The average Bonchev–Trinajstić information content (AvgIpc) is 3.23. The molecule has 4 rings (SSSR count). The van der Waals surface area contributed by atoms with Crippen LogP contribution in [-0.2, 0) is 11.3 Å². The molecule has 1 aromatic heterocycles. The summed E-state index contributed by atoms with van der Waals surface area (Å²) in [6, 6.07) is 16.8. The summed E-state index contributed by atoms with van der Waals surface area (Å²) in [5, 5.41) is 12.7. The van der Waals surface area contributed by atoms with Gasteiger partial charge in [0.2, 0.25) is 5.91 Å². The second kappa shape index (κ2) is 7.66. The van der Waals surface area contributed by atoms with Crippen LogP contribution in [0.2, 0.25) is 5.02 Å². The SMILES string of the molecule is O=C1CN(/N=C\c2cn(Cc3ccccc3)nc2-c2ccc(Cl)cc2)C(=O)N1. The number of imide groups is 1. The highest BCUT2D eigenvalue weighted by Crippen LogP contribution is 2.23. The Morgan fingerprint density at radius 1 is 1.11 bits per heavy atom. The molecule has 1 saturated heterocycles. The van der Waals surface area contributed by atoms with E-state index in [0.29, 0.717) is 17.3 Å². The number of hydrogen-bond acceptors (Lipinski definition) is 4. The number of carbonyl (C=O) groups excluding carboxylic acids is 2. The van der Waals surface area contributed by atoms with E-state index < -0.39 is 6.03 Å². The molecule has 1 N–H and O–H groups in total. The number of hydrogen-bond donors (Lipinski definition) is 1. The van der Waals surface area contributed by atoms with Gasteiger partial charge in [-0.3, -0.25) is 14.8 Å². The van der Waals surface area contributed by atoms with Crippen LogP contribution < -0.4 is 5.32 Å². The van der Waals surface area contributed by atoms with Crippen molar-refractivity contribution < 1.29 is 9.59 Å². The maximum absolute atomic E-state index is 11.7. The van der Waals surface area contributed by atoms with Crippen molar-refractivity contribution >= 4 is 29.8 Å². The minimum absolute atomic E-state index is 0.0935. The zero-order valence-electron chi connectivity index (χ0n) is 14.7. The second-order valence-electron chi connectivity index (χ2n) is 6.28. The first-order valence-corrected chi connectivity index (χ1v) is 8.99. The molecule has 2 heterocycles. The van der Waals surface area contributed by atoms with Crippen LogP contribution in [0, 0.1) is 0 Å². The second-order valence-corrected chi connectivity index (χ2v) is 6.72. The van der Waals surface area contributed by atoms with Gasteiger partial charge in [0.15, 0.2) is 0 Å². The Morgan fingerprint density at radius 3 is 2.54 bits per heavy atom. The normalized spacial score (nSPS) is 14.1. The van der Waals surface area contributed by atoms with Crippen molar-refractivity contribution in [3.8, 4) is 11.3 Å². The van der Waals surface area contributed by atoms with Crippen LogP contribution in [0.25, 0.3) is 11.3 Å². The zero-order chi connectivity index (χ0) is 19.5. The molecule has 0 aliphatic carbocycles. The average molecular weight is 394 g/mol. The third-order valence-electron chi connectivity index (χ3n) is 4.21. The molecule has 0 saturated carbocycles.